The zero-order valence-corrected chi connectivity index (χ0v) is 14.4. The van der Waals surface area contributed by atoms with E-state index in [0.717, 1.165) is 6.07 Å². The number of nitro benzene ring substituents is 1. The Morgan fingerprint density at radius 3 is 2.65 bits per heavy atom. The molecule has 0 aromatic heterocycles. The molecule has 0 aliphatic rings. The van der Waals surface area contributed by atoms with E-state index in [2.05, 4.69) is 20.7 Å². The molecule has 0 unspecified atom stereocenters. The quantitative estimate of drug-likeness (QED) is 0.590. The van der Waals surface area contributed by atoms with Gasteiger partial charge in [-0.2, -0.15) is 0 Å². The van der Waals surface area contributed by atoms with Crippen molar-refractivity contribution in [2.24, 2.45) is 0 Å². The van der Waals surface area contributed by atoms with E-state index in [-0.39, 0.29) is 22.0 Å². The fourth-order valence-corrected chi connectivity index (χ4v) is 3.59. The maximum Gasteiger partial charge on any atom is 0.271 e. The average Bonchev–Trinajstić information content (AvgIpc) is 2.49. The van der Waals surface area contributed by atoms with Crippen molar-refractivity contribution >= 4 is 37.3 Å². The Hall–Kier alpha value is -2.13. The molecule has 0 heterocycles. The minimum atomic E-state index is -3.96. The predicted molar refractivity (Wildman–Crippen MR) is 89.2 cm³/mol. The van der Waals surface area contributed by atoms with Crippen LogP contribution < -0.4 is 9.46 Å². The second kappa shape index (κ2) is 6.97. The third kappa shape index (κ3) is 4.20. The normalized spacial score (nSPS) is 11.0. The molecule has 7 nitrogen and oxygen atoms in total. The van der Waals surface area contributed by atoms with Gasteiger partial charge in [-0.25, -0.2) is 8.42 Å². The summed E-state index contributed by atoms with van der Waals surface area (Å²) < 4.78 is 33.3. The number of sulfonamides is 1. The summed E-state index contributed by atoms with van der Waals surface area (Å²) in [5.74, 6) is 0.202. The SMILES string of the molecule is CCOc1ccc(Br)cc1S(=O)(=O)Nc1cccc([N+](=O)[O-])c1. The Kier molecular flexibility index (Phi) is 5.22. The number of anilines is 1. The minimum absolute atomic E-state index is 0.0553. The zero-order chi connectivity index (χ0) is 17.0. The van der Waals surface area contributed by atoms with Crippen LogP contribution in [0.4, 0.5) is 11.4 Å². The standard InChI is InChI=1S/C14H13BrN2O5S/c1-2-22-13-7-6-10(15)8-14(13)23(20,21)16-11-4-3-5-12(9-11)17(18)19/h3-9,16H,2H2,1H3. The molecule has 2 rings (SSSR count). The fourth-order valence-electron chi connectivity index (χ4n) is 1.86. The van der Waals surface area contributed by atoms with E-state index in [1.54, 1.807) is 13.0 Å². The summed E-state index contributed by atoms with van der Waals surface area (Å²) in [6.07, 6.45) is 0. The molecule has 0 aliphatic heterocycles. The number of nitrogens with zero attached hydrogens (tertiary/aromatic N) is 1. The average molecular weight is 401 g/mol. The highest BCUT2D eigenvalue weighted by Crippen LogP contribution is 2.29. The molecular weight excluding hydrogens is 388 g/mol. The number of nitrogens with one attached hydrogen (secondary N) is 1. The summed E-state index contributed by atoms with van der Waals surface area (Å²) >= 11 is 3.22. The largest absolute Gasteiger partial charge is 0.492 e. The van der Waals surface area contributed by atoms with Crippen LogP contribution >= 0.6 is 15.9 Å². The van der Waals surface area contributed by atoms with Crippen molar-refractivity contribution in [1.29, 1.82) is 0 Å². The van der Waals surface area contributed by atoms with Gasteiger partial charge in [0.25, 0.3) is 15.7 Å². The van der Waals surface area contributed by atoms with Gasteiger partial charge in [-0.1, -0.05) is 22.0 Å². The number of ether oxygens (including phenoxy) is 1. The molecule has 0 saturated carbocycles. The van der Waals surface area contributed by atoms with Gasteiger partial charge in [-0.05, 0) is 31.2 Å². The Labute approximate surface area is 141 Å². The Morgan fingerprint density at radius 1 is 1.26 bits per heavy atom. The first-order valence-electron chi connectivity index (χ1n) is 6.53. The van der Waals surface area contributed by atoms with Gasteiger partial charge < -0.3 is 4.74 Å². The molecule has 0 spiro atoms. The lowest BCUT2D eigenvalue weighted by atomic mass is 10.3. The Morgan fingerprint density at radius 2 is 2.00 bits per heavy atom. The smallest absolute Gasteiger partial charge is 0.271 e. The molecule has 2 aromatic carbocycles. The molecule has 1 N–H and O–H groups in total. The van der Waals surface area contributed by atoms with Crippen molar-refractivity contribution < 1.29 is 18.1 Å². The van der Waals surface area contributed by atoms with Crippen LogP contribution in [0.2, 0.25) is 0 Å². The maximum atomic E-state index is 12.5. The van der Waals surface area contributed by atoms with E-state index >= 15 is 0 Å². The van der Waals surface area contributed by atoms with Crippen molar-refractivity contribution in [3.8, 4) is 5.75 Å². The van der Waals surface area contributed by atoms with Crippen molar-refractivity contribution in [2.45, 2.75) is 11.8 Å². The monoisotopic (exact) mass is 400 g/mol. The molecular formula is C14H13BrN2O5S. The van der Waals surface area contributed by atoms with Gasteiger partial charge in [-0.15, -0.1) is 0 Å². The number of nitro groups is 1. The summed E-state index contributed by atoms with van der Waals surface area (Å²) in [6.45, 7) is 2.05. The highest BCUT2D eigenvalue weighted by Gasteiger charge is 2.21. The van der Waals surface area contributed by atoms with Crippen LogP contribution in [0.15, 0.2) is 51.8 Å². The molecule has 0 amide bonds. The maximum absolute atomic E-state index is 12.5. The molecule has 2 aromatic rings. The van der Waals surface area contributed by atoms with E-state index in [1.165, 1.54) is 30.3 Å². The number of halogens is 1. The molecule has 9 heteroatoms. The zero-order valence-electron chi connectivity index (χ0n) is 12.0. The van der Waals surface area contributed by atoms with E-state index in [0.29, 0.717) is 11.1 Å². The lowest BCUT2D eigenvalue weighted by molar-refractivity contribution is -0.384. The molecule has 0 bridgehead atoms. The van der Waals surface area contributed by atoms with Crippen LogP contribution in [0.5, 0.6) is 5.75 Å². The molecule has 0 aliphatic carbocycles. The predicted octanol–water partition coefficient (Wildman–Crippen LogP) is 3.56. The number of hydrogen-bond donors (Lipinski definition) is 1. The van der Waals surface area contributed by atoms with Gasteiger partial charge >= 0.3 is 0 Å². The number of benzene rings is 2. The number of hydrogen-bond acceptors (Lipinski definition) is 5. The van der Waals surface area contributed by atoms with Gasteiger partial charge in [0, 0.05) is 16.6 Å². The molecule has 23 heavy (non-hydrogen) atoms. The summed E-state index contributed by atoms with van der Waals surface area (Å²) in [7, 11) is -3.96. The first-order valence-corrected chi connectivity index (χ1v) is 8.80. The van der Waals surface area contributed by atoms with Crippen LogP contribution in [-0.4, -0.2) is 19.9 Å². The van der Waals surface area contributed by atoms with Crippen LogP contribution in [-0.2, 0) is 10.0 Å². The number of rotatable bonds is 6. The Balaban J connectivity index is 2.41. The summed E-state index contributed by atoms with van der Waals surface area (Å²) in [6, 6.07) is 9.87. The highest BCUT2D eigenvalue weighted by atomic mass is 79.9. The van der Waals surface area contributed by atoms with Gasteiger partial charge in [-0.3, -0.25) is 14.8 Å². The number of non-ortho nitro benzene ring substituents is 1. The van der Waals surface area contributed by atoms with Crippen molar-refractivity contribution in [3.63, 3.8) is 0 Å². The minimum Gasteiger partial charge on any atom is -0.492 e. The van der Waals surface area contributed by atoms with Gasteiger partial charge in [0.15, 0.2) is 0 Å². The summed E-state index contributed by atoms with van der Waals surface area (Å²) in [5, 5.41) is 10.8. The lowest BCUT2D eigenvalue weighted by Crippen LogP contribution is -2.14. The molecule has 0 radical (unpaired) electrons. The van der Waals surface area contributed by atoms with Crippen molar-refractivity contribution in [2.75, 3.05) is 11.3 Å². The second-order valence-corrected chi connectivity index (χ2v) is 7.00. The highest BCUT2D eigenvalue weighted by molar-refractivity contribution is 9.10. The molecule has 0 fully saturated rings. The van der Waals surface area contributed by atoms with Gasteiger partial charge in [0.05, 0.1) is 17.2 Å². The second-order valence-electron chi connectivity index (χ2n) is 4.44. The van der Waals surface area contributed by atoms with E-state index in [4.69, 9.17) is 4.74 Å². The first-order chi connectivity index (χ1) is 10.8. The van der Waals surface area contributed by atoms with Gasteiger partial charge in [0.1, 0.15) is 10.6 Å². The van der Waals surface area contributed by atoms with Crippen molar-refractivity contribution in [3.05, 3.63) is 57.1 Å². The van der Waals surface area contributed by atoms with Crippen LogP contribution in [0.3, 0.4) is 0 Å². The Bertz CT molecular complexity index is 839. The lowest BCUT2D eigenvalue weighted by Gasteiger charge is -2.13. The fraction of sp³-hybridized carbons (Fsp3) is 0.143. The molecule has 0 saturated heterocycles. The summed E-state index contributed by atoms with van der Waals surface area (Å²) in [4.78, 5) is 10.1. The third-order valence-electron chi connectivity index (χ3n) is 2.80. The van der Waals surface area contributed by atoms with E-state index in [9.17, 15) is 18.5 Å². The van der Waals surface area contributed by atoms with E-state index < -0.39 is 14.9 Å². The molecule has 122 valence electrons. The van der Waals surface area contributed by atoms with Gasteiger partial charge in [0.2, 0.25) is 0 Å². The van der Waals surface area contributed by atoms with Crippen molar-refractivity contribution in [1.82, 2.24) is 0 Å². The third-order valence-corrected chi connectivity index (χ3v) is 4.70. The topological polar surface area (TPSA) is 98.5 Å². The van der Waals surface area contributed by atoms with Crippen LogP contribution in [0.25, 0.3) is 0 Å². The summed E-state index contributed by atoms with van der Waals surface area (Å²) in [5.41, 5.74) is -0.105. The van der Waals surface area contributed by atoms with E-state index in [1.807, 2.05) is 0 Å². The molecule has 0 atom stereocenters. The van der Waals surface area contributed by atoms with Crippen LogP contribution in [0, 0.1) is 10.1 Å². The van der Waals surface area contributed by atoms with Crippen LogP contribution in [0.1, 0.15) is 6.92 Å². The first kappa shape index (κ1) is 17.2.